The number of amides is 1. The topological polar surface area (TPSA) is 85.9 Å². The maximum atomic E-state index is 12.4. The highest BCUT2D eigenvalue weighted by atomic mass is 16.2. The number of H-pyrrole nitrogens is 1. The number of hydrogen-bond acceptors (Lipinski definition) is 5. The highest BCUT2D eigenvalue weighted by molar-refractivity contribution is 5.82. The van der Waals surface area contributed by atoms with E-state index in [0.29, 0.717) is 12.6 Å². The summed E-state index contributed by atoms with van der Waals surface area (Å²) in [6.45, 7) is 3.83. The molecule has 3 N–H and O–H groups in total. The van der Waals surface area contributed by atoms with Crippen molar-refractivity contribution in [1.82, 2.24) is 30.9 Å². The zero-order chi connectivity index (χ0) is 14.5. The van der Waals surface area contributed by atoms with Gasteiger partial charge in [-0.3, -0.25) is 9.69 Å². The molecule has 0 aliphatic carbocycles. The van der Waals surface area contributed by atoms with Crippen LogP contribution in [-0.4, -0.2) is 64.5 Å². The molecule has 2 fully saturated rings. The molecule has 0 aromatic carbocycles. The third kappa shape index (κ3) is 3.59. The van der Waals surface area contributed by atoms with Crippen LogP contribution in [0.4, 0.5) is 0 Å². The number of nitrogens with zero attached hydrogens (tertiary/aromatic N) is 3. The molecule has 0 bridgehead atoms. The van der Waals surface area contributed by atoms with Crippen LogP contribution in [0.3, 0.4) is 0 Å². The molecular formula is C14H24N6O. The highest BCUT2D eigenvalue weighted by Crippen LogP contribution is 2.24. The number of likely N-dealkylation sites (tertiary alicyclic amines) is 1. The Bertz CT molecular complexity index is 442. The Hall–Kier alpha value is -1.47. The van der Waals surface area contributed by atoms with Crippen LogP contribution in [0.1, 0.15) is 31.4 Å². The van der Waals surface area contributed by atoms with E-state index in [9.17, 15) is 4.79 Å². The summed E-state index contributed by atoms with van der Waals surface area (Å²) in [6, 6.07) is 0.630. The fraction of sp³-hybridized carbons (Fsp3) is 0.786. The van der Waals surface area contributed by atoms with Crippen LogP contribution < -0.4 is 10.6 Å². The van der Waals surface area contributed by atoms with Crippen molar-refractivity contribution in [3.05, 3.63) is 11.9 Å². The lowest BCUT2D eigenvalue weighted by Crippen LogP contribution is -2.50. The number of aromatic nitrogens is 3. The van der Waals surface area contributed by atoms with Gasteiger partial charge in [0.05, 0.1) is 17.9 Å². The van der Waals surface area contributed by atoms with E-state index in [-0.39, 0.29) is 11.9 Å². The van der Waals surface area contributed by atoms with Crippen LogP contribution in [0, 0.1) is 0 Å². The van der Waals surface area contributed by atoms with Gasteiger partial charge in [0.15, 0.2) is 0 Å². The minimum atomic E-state index is 0.0606. The van der Waals surface area contributed by atoms with E-state index < -0.39 is 0 Å². The number of nitrogens with one attached hydrogen (secondary N) is 3. The van der Waals surface area contributed by atoms with E-state index in [0.717, 1.165) is 57.4 Å². The van der Waals surface area contributed by atoms with Crippen molar-refractivity contribution in [3.8, 4) is 0 Å². The van der Waals surface area contributed by atoms with E-state index in [1.54, 1.807) is 6.20 Å². The largest absolute Gasteiger partial charge is 0.354 e. The van der Waals surface area contributed by atoms with Gasteiger partial charge in [0, 0.05) is 19.0 Å². The molecule has 0 radical (unpaired) electrons. The van der Waals surface area contributed by atoms with Crippen LogP contribution in [-0.2, 0) is 11.2 Å². The zero-order valence-corrected chi connectivity index (χ0v) is 12.3. The van der Waals surface area contributed by atoms with Gasteiger partial charge in [0.2, 0.25) is 5.91 Å². The number of hydrogen-bond donors (Lipinski definition) is 3. The third-order valence-electron chi connectivity index (χ3n) is 4.52. The van der Waals surface area contributed by atoms with Gasteiger partial charge in [-0.1, -0.05) is 0 Å². The van der Waals surface area contributed by atoms with Gasteiger partial charge in [-0.2, -0.15) is 15.4 Å². The molecule has 21 heavy (non-hydrogen) atoms. The Morgan fingerprint density at radius 1 is 1.38 bits per heavy atom. The summed E-state index contributed by atoms with van der Waals surface area (Å²) in [6.07, 6.45) is 6.85. The predicted molar refractivity (Wildman–Crippen MR) is 78.7 cm³/mol. The van der Waals surface area contributed by atoms with Crippen molar-refractivity contribution >= 4 is 5.91 Å². The van der Waals surface area contributed by atoms with E-state index in [2.05, 4.69) is 30.9 Å². The fourth-order valence-corrected chi connectivity index (χ4v) is 3.42. The van der Waals surface area contributed by atoms with Gasteiger partial charge >= 0.3 is 0 Å². The highest BCUT2D eigenvalue weighted by Gasteiger charge is 2.35. The SMILES string of the molecule is O=C(NCCc1cn[nH]n1)[C@@H]1CCCN1C1CCNCC1. The van der Waals surface area contributed by atoms with Crippen molar-refractivity contribution in [2.45, 2.75) is 44.2 Å². The summed E-state index contributed by atoms with van der Waals surface area (Å²) in [7, 11) is 0. The third-order valence-corrected chi connectivity index (χ3v) is 4.52. The van der Waals surface area contributed by atoms with Gasteiger partial charge in [-0.15, -0.1) is 0 Å². The number of aromatic amines is 1. The molecule has 1 aromatic rings. The van der Waals surface area contributed by atoms with Crippen molar-refractivity contribution in [2.75, 3.05) is 26.2 Å². The molecule has 0 unspecified atom stereocenters. The van der Waals surface area contributed by atoms with Crippen LogP contribution in [0.25, 0.3) is 0 Å². The summed E-state index contributed by atoms with van der Waals surface area (Å²) in [5.41, 5.74) is 0.886. The molecule has 1 atom stereocenters. The predicted octanol–water partition coefficient (Wildman–Crippen LogP) is -0.320. The van der Waals surface area contributed by atoms with Gasteiger partial charge in [-0.25, -0.2) is 0 Å². The minimum absolute atomic E-state index is 0.0606. The molecule has 2 aliphatic rings. The molecule has 0 saturated carbocycles. The first-order valence-corrected chi connectivity index (χ1v) is 7.93. The molecule has 2 saturated heterocycles. The maximum Gasteiger partial charge on any atom is 0.237 e. The van der Waals surface area contributed by atoms with Crippen LogP contribution >= 0.6 is 0 Å². The van der Waals surface area contributed by atoms with E-state index in [4.69, 9.17) is 0 Å². The molecule has 1 aromatic heterocycles. The quantitative estimate of drug-likeness (QED) is 0.692. The monoisotopic (exact) mass is 292 g/mol. The normalized spacial score (nSPS) is 24.3. The Labute approximate surface area is 124 Å². The minimum Gasteiger partial charge on any atom is -0.354 e. The Balaban J connectivity index is 1.48. The molecule has 3 heterocycles. The second kappa shape index (κ2) is 7.00. The second-order valence-electron chi connectivity index (χ2n) is 5.88. The molecule has 1 amide bonds. The van der Waals surface area contributed by atoms with Gasteiger partial charge in [0.1, 0.15) is 0 Å². The fourth-order valence-electron chi connectivity index (χ4n) is 3.42. The van der Waals surface area contributed by atoms with Crippen LogP contribution in [0.5, 0.6) is 0 Å². The summed E-state index contributed by atoms with van der Waals surface area (Å²) in [4.78, 5) is 14.8. The summed E-state index contributed by atoms with van der Waals surface area (Å²) in [5.74, 6) is 0.175. The van der Waals surface area contributed by atoms with Crippen molar-refractivity contribution in [3.63, 3.8) is 0 Å². The summed E-state index contributed by atoms with van der Waals surface area (Å²) < 4.78 is 0. The van der Waals surface area contributed by atoms with Gasteiger partial charge in [0.25, 0.3) is 0 Å². The molecule has 3 rings (SSSR count). The summed E-state index contributed by atoms with van der Waals surface area (Å²) in [5, 5.41) is 16.8. The molecule has 116 valence electrons. The molecule has 7 nitrogen and oxygen atoms in total. The molecular weight excluding hydrogens is 268 g/mol. The standard InChI is InChI=1S/C14H24N6O/c21-14(16-8-3-11-10-17-19-18-11)13-2-1-9-20(13)12-4-6-15-7-5-12/h10,12-13,15H,1-9H2,(H,16,21)(H,17,18,19)/t13-/m0/s1. The number of rotatable bonds is 5. The van der Waals surface area contributed by atoms with Crippen LogP contribution in [0.15, 0.2) is 6.20 Å². The van der Waals surface area contributed by atoms with Crippen molar-refractivity contribution in [2.24, 2.45) is 0 Å². The molecule has 2 aliphatic heterocycles. The first-order chi connectivity index (χ1) is 10.3. The number of piperidine rings is 1. The lowest BCUT2D eigenvalue weighted by atomic mass is 10.0. The first kappa shape index (κ1) is 14.5. The lowest BCUT2D eigenvalue weighted by molar-refractivity contribution is -0.126. The van der Waals surface area contributed by atoms with Crippen molar-refractivity contribution in [1.29, 1.82) is 0 Å². The first-order valence-electron chi connectivity index (χ1n) is 7.93. The Morgan fingerprint density at radius 2 is 2.24 bits per heavy atom. The number of carbonyl (C=O) groups excluding carboxylic acids is 1. The van der Waals surface area contributed by atoms with E-state index >= 15 is 0 Å². The van der Waals surface area contributed by atoms with Gasteiger partial charge in [-0.05, 0) is 45.3 Å². The van der Waals surface area contributed by atoms with Crippen molar-refractivity contribution < 1.29 is 4.79 Å². The summed E-state index contributed by atoms with van der Waals surface area (Å²) >= 11 is 0. The van der Waals surface area contributed by atoms with E-state index in [1.165, 1.54) is 0 Å². The lowest BCUT2D eigenvalue weighted by Gasteiger charge is -2.35. The second-order valence-corrected chi connectivity index (χ2v) is 5.88. The average molecular weight is 292 g/mol. The zero-order valence-electron chi connectivity index (χ0n) is 12.3. The maximum absolute atomic E-state index is 12.4. The van der Waals surface area contributed by atoms with Crippen LogP contribution in [0.2, 0.25) is 0 Å². The molecule has 0 spiro atoms. The van der Waals surface area contributed by atoms with E-state index in [1.807, 2.05) is 0 Å². The van der Waals surface area contributed by atoms with Gasteiger partial charge < -0.3 is 10.6 Å². The Kier molecular flexibility index (Phi) is 4.82. The number of carbonyl (C=O) groups is 1. The molecule has 7 heteroatoms. The average Bonchev–Trinajstić information content (AvgIpc) is 3.19. The Morgan fingerprint density at radius 3 is 3.00 bits per heavy atom. The smallest absolute Gasteiger partial charge is 0.237 e.